The van der Waals surface area contributed by atoms with Crippen molar-refractivity contribution in [1.82, 2.24) is 19.5 Å². The summed E-state index contributed by atoms with van der Waals surface area (Å²) >= 11 is 0. The number of imidazole rings is 1. The maximum Gasteiger partial charge on any atom is 0.165 e. The van der Waals surface area contributed by atoms with Crippen LogP contribution < -0.4 is 11.5 Å². The molecular formula is C13H14N6. The van der Waals surface area contributed by atoms with E-state index in [0.29, 0.717) is 17.9 Å². The van der Waals surface area contributed by atoms with Crippen LogP contribution in [0.1, 0.15) is 11.1 Å². The van der Waals surface area contributed by atoms with Gasteiger partial charge in [0, 0.05) is 5.69 Å². The molecule has 0 aliphatic rings. The van der Waals surface area contributed by atoms with Gasteiger partial charge < -0.3 is 16.0 Å². The molecule has 4 N–H and O–H groups in total. The lowest BCUT2D eigenvalue weighted by Crippen LogP contribution is -2.03. The molecule has 0 aliphatic heterocycles. The predicted molar refractivity (Wildman–Crippen MR) is 74.4 cm³/mol. The monoisotopic (exact) mass is 254 g/mol. The van der Waals surface area contributed by atoms with Crippen molar-refractivity contribution in [2.45, 2.75) is 13.5 Å². The first kappa shape index (κ1) is 11.5. The molecule has 3 aromatic rings. The normalized spacial score (nSPS) is 11.0. The van der Waals surface area contributed by atoms with Crippen LogP contribution in [0, 0.1) is 6.92 Å². The van der Waals surface area contributed by atoms with Gasteiger partial charge in [-0.1, -0.05) is 12.1 Å². The molecule has 96 valence electrons. The molecule has 0 unspecified atom stereocenters. The molecule has 0 fully saturated rings. The van der Waals surface area contributed by atoms with Crippen molar-refractivity contribution in [2.24, 2.45) is 0 Å². The first-order valence-electron chi connectivity index (χ1n) is 5.92. The van der Waals surface area contributed by atoms with E-state index < -0.39 is 0 Å². The molecule has 0 saturated carbocycles. The van der Waals surface area contributed by atoms with Gasteiger partial charge in [0.25, 0.3) is 0 Å². The quantitative estimate of drug-likeness (QED) is 0.673. The maximum absolute atomic E-state index is 5.92. The maximum atomic E-state index is 5.92. The lowest BCUT2D eigenvalue weighted by Gasteiger charge is -2.09. The van der Waals surface area contributed by atoms with Gasteiger partial charge >= 0.3 is 0 Å². The van der Waals surface area contributed by atoms with Crippen LogP contribution in [0.4, 0.5) is 11.5 Å². The van der Waals surface area contributed by atoms with Crippen molar-refractivity contribution in [3.63, 3.8) is 0 Å². The first-order chi connectivity index (χ1) is 9.16. The Balaban J connectivity index is 2.07. The Labute approximate surface area is 110 Å². The van der Waals surface area contributed by atoms with Crippen molar-refractivity contribution in [2.75, 3.05) is 11.5 Å². The second-order valence-corrected chi connectivity index (χ2v) is 4.43. The summed E-state index contributed by atoms with van der Waals surface area (Å²) in [6.07, 6.45) is 3.17. The molecule has 6 heteroatoms. The average Bonchev–Trinajstić information content (AvgIpc) is 2.80. The fourth-order valence-corrected chi connectivity index (χ4v) is 2.07. The summed E-state index contributed by atoms with van der Waals surface area (Å²) in [6.45, 7) is 2.66. The fraction of sp³-hybridized carbons (Fsp3) is 0.154. The Morgan fingerprint density at radius 1 is 1.16 bits per heavy atom. The number of benzene rings is 1. The fourth-order valence-electron chi connectivity index (χ4n) is 2.07. The van der Waals surface area contributed by atoms with Crippen molar-refractivity contribution >= 4 is 22.7 Å². The third kappa shape index (κ3) is 1.87. The topological polar surface area (TPSA) is 95.6 Å². The SMILES string of the molecule is Cc1c(N)cccc1Cn1cnc2c(N)ncnc21. The van der Waals surface area contributed by atoms with E-state index in [1.807, 2.05) is 29.7 Å². The van der Waals surface area contributed by atoms with E-state index in [9.17, 15) is 0 Å². The van der Waals surface area contributed by atoms with Gasteiger partial charge in [-0.15, -0.1) is 0 Å². The summed E-state index contributed by atoms with van der Waals surface area (Å²) in [6, 6.07) is 5.88. The number of hydrogen-bond acceptors (Lipinski definition) is 5. The van der Waals surface area contributed by atoms with Gasteiger partial charge in [0.05, 0.1) is 12.9 Å². The van der Waals surface area contributed by atoms with Crippen LogP contribution in [-0.4, -0.2) is 19.5 Å². The first-order valence-corrected chi connectivity index (χ1v) is 5.92. The zero-order valence-corrected chi connectivity index (χ0v) is 10.5. The van der Waals surface area contributed by atoms with E-state index in [1.165, 1.54) is 6.33 Å². The Kier molecular flexibility index (Phi) is 2.56. The number of rotatable bonds is 2. The number of nitrogens with two attached hydrogens (primary N) is 2. The van der Waals surface area contributed by atoms with E-state index in [2.05, 4.69) is 15.0 Å². The van der Waals surface area contributed by atoms with E-state index in [0.717, 1.165) is 22.5 Å². The highest BCUT2D eigenvalue weighted by atomic mass is 15.1. The molecule has 6 nitrogen and oxygen atoms in total. The van der Waals surface area contributed by atoms with Gasteiger partial charge in [-0.05, 0) is 24.1 Å². The van der Waals surface area contributed by atoms with Gasteiger partial charge in [0.2, 0.25) is 0 Å². The van der Waals surface area contributed by atoms with Crippen LogP contribution in [0.2, 0.25) is 0 Å². The molecule has 0 atom stereocenters. The number of nitrogen functional groups attached to an aromatic ring is 2. The Morgan fingerprint density at radius 2 is 2.00 bits per heavy atom. The molecule has 1 aromatic carbocycles. The Hall–Kier alpha value is -2.63. The predicted octanol–water partition coefficient (Wildman–Crippen LogP) is 1.35. The van der Waals surface area contributed by atoms with Gasteiger partial charge in [-0.25, -0.2) is 15.0 Å². The van der Waals surface area contributed by atoms with Crippen LogP contribution in [0.25, 0.3) is 11.2 Å². The summed E-state index contributed by atoms with van der Waals surface area (Å²) in [4.78, 5) is 12.4. The summed E-state index contributed by atoms with van der Waals surface area (Å²) in [5.74, 6) is 0.396. The van der Waals surface area contributed by atoms with E-state index in [4.69, 9.17) is 11.5 Å². The average molecular weight is 254 g/mol. The minimum Gasteiger partial charge on any atom is -0.399 e. The molecule has 0 bridgehead atoms. The van der Waals surface area contributed by atoms with Crippen LogP contribution in [0.3, 0.4) is 0 Å². The molecule has 3 rings (SSSR count). The molecule has 0 amide bonds. The highest BCUT2D eigenvalue weighted by molar-refractivity contribution is 5.81. The smallest absolute Gasteiger partial charge is 0.165 e. The van der Waals surface area contributed by atoms with Gasteiger partial charge in [-0.3, -0.25) is 0 Å². The summed E-state index contributed by atoms with van der Waals surface area (Å²) < 4.78 is 1.94. The van der Waals surface area contributed by atoms with Crippen molar-refractivity contribution in [3.8, 4) is 0 Å². The van der Waals surface area contributed by atoms with Crippen LogP contribution in [-0.2, 0) is 6.54 Å². The zero-order chi connectivity index (χ0) is 13.4. The van der Waals surface area contributed by atoms with Gasteiger partial charge in [0.15, 0.2) is 11.5 Å². The van der Waals surface area contributed by atoms with Gasteiger partial charge in [0.1, 0.15) is 11.8 Å². The number of nitrogens with zero attached hydrogens (tertiary/aromatic N) is 4. The van der Waals surface area contributed by atoms with Crippen LogP contribution in [0.15, 0.2) is 30.9 Å². The van der Waals surface area contributed by atoms with Crippen LogP contribution >= 0.6 is 0 Å². The van der Waals surface area contributed by atoms with Crippen molar-refractivity contribution < 1.29 is 0 Å². The lowest BCUT2D eigenvalue weighted by molar-refractivity contribution is 0.808. The van der Waals surface area contributed by atoms with Crippen molar-refractivity contribution in [3.05, 3.63) is 42.0 Å². The van der Waals surface area contributed by atoms with E-state index >= 15 is 0 Å². The van der Waals surface area contributed by atoms with Crippen molar-refractivity contribution in [1.29, 1.82) is 0 Å². The third-order valence-corrected chi connectivity index (χ3v) is 3.26. The second-order valence-electron chi connectivity index (χ2n) is 4.43. The largest absolute Gasteiger partial charge is 0.399 e. The van der Waals surface area contributed by atoms with E-state index in [-0.39, 0.29) is 0 Å². The molecule has 2 heterocycles. The Bertz CT molecular complexity index is 746. The van der Waals surface area contributed by atoms with E-state index in [1.54, 1.807) is 6.33 Å². The Morgan fingerprint density at radius 3 is 2.84 bits per heavy atom. The van der Waals surface area contributed by atoms with Crippen LogP contribution in [0.5, 0.6) is 0 Å². The highest BCUT2D eigenvalue weighted by Gasteiger charge is 2.09. The lowest BCUT2D eigenvalue weighted by atomic mass is 10.1. The molecular weight excluding hydrogens is 240 g/mol. The number of aromatic nitrogens is 4. The number of hydrogen-bond donors (Lipinski definition) is 2. The molecule has 2 aromatic heterocycles. The summed E-state index contributed by atoms with van der Waals surface area (Å²) in [5.41, 5.74) is 16.0. The molecule has 0 saturated heterocycles. The number of anilines is 2. The molecule has 0 spiro atoms. The summed E-state index contributed by atoms with van der Waals surface area (Å²) in [5, 5.41) is 0. The standard InChI is InChI=1S/C13H14N6/c1-8-9(3-2-4-10(8)14)5-19-7-18-11-12(15)16-6-17-13(11)19/h2-4,6-7H,5,14H2,1H3,(H2,15,16,17). The van der Waals surface area contributed by atoms with Gasteiger partial charge in [-0.2, -0.15) is 0 Å². The third-order valence-electron chi connectivity index (χ3n) is 3.26. The molecule has 19 heavy (non-hydrogen) atoms. The minimum absolute atomic E-state index is 0.396. The second kappa shape index (κ2) is 4.24. The highest BCUT2D eigenvalue weighted by Crippen LogP contribution is 2.19. The summed E-state index contributed by atoms with van der Waals surface area (Å²) in [7, 11) is 0. The molecule has 0 aliphatic carbocycles. The zero-order valence-electron chi connectivity index (χ0n) is 10.5. The molecule has 0 radical (unpaired) electrons. The number of fused-ring (bicyclic) bond motifs is 1. The minimum atomic E-state index is 0.396.